The number of halogens is 2. The van der Waals surface area contributed by atoms with E-state index in [-0.39, 0.29) is 11.7 Å². The van der Waals surface area contributed by atoms with Crippen molar-refractivity contribution in [2.75, 3.05) is 18.0 Å². The SMILES string of the molecule is CC(C)(O)C1CN(c2nccc(I)c2F)C1. The number of hydrogen-bond acceptors (Lipinski definition) is 3. The minimum atomic E-state index is -0.699. The van der Waals surface area contributed by atoms with E-state index in [4.69, 9.17) is 0 Å². The first-order valence-electron chi connectivity index (χ1n) is 5.17. The van der Waals surface area contributed by atoms with E-state index < -0.39 is 5.60 Å². The molecular weight excluding hydrogens is 322 g/mol. The maximum absolute atomic E-state index is 13.7. The molecule has 1 N–H and O–H groups in total. The van der Waals surface area contributed by atoms with E-state index in [9.17, 15) is 9.50 Å². The zero-order valence-corrected chi connectivity index (χ0v) is 11.4. The Morgan fingerprint density at radius 3 is 2.75 bits per heavy atom. The zero-order valence-electron chi connectivity index (χ0n) is 9.24. The Bertz CT molecular complexity index is 399. The van der Waals surface area contributed by atoms with Gasteiger partial charge in [-0.25, -0.2) is 9.37 Å². The molecule has 0 aromatic carbocycles. The van der Waals surface area contributed by atoms with Gasteiger partial charge in [0.05, 0.1) is 9.17 Å². The molecule has 1 aliphatic heterocycles. The summed E-state index contributed by atoms with van der Waals surface area (Å²) < 4.78 is 14.3. The first-order valence-corrected chi connectivity index (χ1v) is 6.25. The third kappa shape index (κ3) is 2.15. The van der Waals surface area contributed by atoms with Crippen molar-refractivity contribution in [3.05, 3.63) is 21.7 Å². The molecule has 0 atom stereocenters. The Morgan fingerprint density at radius 1 is 1.56 bits per heavy atom. The van der Waals surface area contributed by atoms with Gasteiger partial charge >= 0.3 is 0 Å². The molecule has 2 rings (SSSR count). The second kappa shape index (κ2) is 4.10. The van der Waals surface area contributed by atoms with Crippen LogP contribution in [0.5, 0.6) is 0 Å². The number of rotatable bonds is 2. The number of nitrogens with zero attached hydrogens (tertiary/aromatic N) is 2. The monoisotopic (exact) mass is 336 g/mol. The molecule has 1 aromatic rings. The van der Waals surface area contributed by atoms with E-state index in [1.165, 1.54) is 0 Å². The summed E-state index contributed by atoms with van der Waals surface area (Å²) in [7, 11) is 0. The standard InChI is InChI=1S/C11H14FIN2O/c1-11(2,16)7-5-15(6-7)10-9(12)8(13)3-4-14-10/h3-4,7,16H,5-6H2,1-2H3. The van der Waals surface area contributed by atoms with Crippen molar-refractivity contribution in [2.45, 2.75) is 19.4 Å². The Morgan fingerprint density at radius 2 is 2.19 bits per heavy atom. The van der Waals surface area contributed by atoms with E-state index in [0.717, 1.165) is 0 Å². The Hall–Kier alpha value is -0.430. The van der Waals surface area contributed by atoms with Gasteiger partial charge in [-0.05, 0) is 42.5 Å². The highest BCUT2D eigenvalue weighted by Gasteiger charge is 2.39. The summed E-state index contributed by atoms with van der Waals surface area (Å²) >= 11 is 1.95. The second-order valence-corrected chi connectivity index (χ2v) is 5.85. The van der Waals surface area contributed by atoms with Gasteiger partial charge in [0.15, 0.2) is 11.6 Å². The summed E-state index contributed by atoms with van der Waals surface area (Å²) in [5.74, 6) is 0.316. The van der Waals surface area contributed by atoms with E-state index in [2.05, 4.69) is 4.98 Å². The summed E-state index contributed by atoms with van der Waals surface area (Å²) in [4.78, 5) is 5.90. The molecule has 0 aliphatic carbocycles. The summed E-state index contributed by atoms with van der Waals surface area (Å²) in [6, 6.07) is 1.65. The van der Waals surface area contributed by atoms with Crippen LogP contribution in [-0.2, 0) is 0 Å². The Kier molecular flexibility index (Phi) is 3.09. The van der Waals surface area contributed by atoms with Crippen LogP contribution in [0.4, 0.5) is 10.2 Å². The largest absolute Gasteiger partial charge is 0.390 e. The molecule has 0 amide bonds. The van der Waals surface area contributed by atoms with Crippen molar-refractivity contribution in [3.8, 4) is 0 Å². The highest BCUT2D eigenvalue weighted by atomic mass is 127. The van der Waals surface area contributed by atoms with Crippen molar-refractivity contribution in [2.24, 2.45) is 5.92 Å². The van der Waals surface area contributed by atoms with Gasteiger partial charge in [-0.15, -0.1) is 0 Å². The lowest BCUT2D eigenvalue weighted by Crippen LogP contribution is -2.56. The topological polar surface area (TPSA) is 36.4 Å². The summed E-state index contributed by atoms with van der Waals surface area (Å²) in [6.45, 7) is 4.89. The smallest absolute Gasteiger partial charge is 0.178 e. The number of anilines is 1. The van der Waals surface area contributed by atoms with E-state index >= 15 is 0 Å². The fraction of sp³-hybridized carbons (Fsp3) is 0.545. The maximum atomic E-state index is 13.7. The van der Waals surface area contributed by atoms with Crippen molar-refractivity contribution in [1.82, 2.24) is 4.98 Å². The van der Waals surface area contributed by atoms with E-state index in [1.54, 1.807) is 26.1 Å². The van der Waals surface area contributed by atoms with Gasteiger partial charge in [-0.1, -0.05) is 0 Å². The van der Waals surface area contributed by atoms with Gasteiger partial charge in [-0.3, -0.25) is 0 Å². The molecule has 16 heavy (non-hydrogen) atoms. The van der Waals surface area contributed by atoms with Gasteiger partial charge < -0.3 is 10.0 Å². The van der Waals surface area contributed by atoms with Crippen LogP contribution >= 0.6 is 22.6 Å². The van der Waals surface area contributed by atoms with Crippen LogP contribution in [0.1, 0.15) is 13.8 Å². The van der Waals surface area contributed by atoms with Crippen molar-refractivity contribution in [3.63, 3.8) is 0 Å². The van der Waals surface area contributed by atoms with Gasteiger partial charge in [-0.2, -0.15) is 0 Å². The third-order valence-electron chi connectivity index (χ3n) is 3.00. The van der Waals surface area contributed by atoms with Crippen molar-refractivity contribution in [1.29, 1.82) is 0 Å². The lowest BCUT2D eigenvalue weighted by atomic mass is 9.84. The molecular formula is C11H14FIN2O. The minimum absolute atomic E-state index is 0.187. The van der Waals surface area contributed by atoms with Gasteiger partial charge in [0, 0.05) is 25.2 Å². The molecule has 0 spiro atoms. The molecule has 0 saturated carbocycles. The second-order valence-electron chi connectivity index (χ2n) is 4.69. The fourth-order valence-electron chi connectivity index (χ4n) is 1.73. The summed E-state index contributed by atoms with van der Waals surface area (Å²) in [5.41, 5.74) is -0.699. The van der Waals surface area contributed by atoms with Gasteiger partial charge in [0.2, 0.25) is 0 Å². The van der Waals surface area contributed by atoms with Crippen LogP contribution in [0.15, 0.2) is 12.3 Å². The van der Waals surface area contributed by atoms with E-state index in [1.807, 2.05) is 27.5 Å². The minimum Gasteiger partial charge on any atom is -0.390 e. The Labute approximate surface area is 108 Å². The van der Waals surface area contributed by atoms with Crippen LogP contribution in [-0.4, -0.2) is 28.8 Å². The van der Waals surface area contributed by atoms with Crippen LogP contribution in [0, 0.1) is 15.3 Å². The van der Waals surface area contributed by atoms with Crippen LogP contribution < -0.4 is 4.90 Å². The molecule has 1 saturated heterocycles. The predicted octanol–water partition coefficient (Wildman–Crippen LogP) is 2.03. The molecule has 3 nitrogen and oxygen atoms in total. The number of aliphatic hydroxyl groups is 1. The molecule has 0 radical (unpaired) electrons. The van der Waals surface area contributed by atoms with Crippen molar-refractivity contribution >= 4 is 28.4 Å². The van der Waals surface area contributed by atoms with Crippen LogP contribution in [0.3, 0.4) is 0 Å². The zero-order chi connectivity index (χ0) is 11.9. The molecule has 1 aliphatic rings. The first-order chi connectivity index (χ1) is 7.39. The lowest BCUT2D eigenvalue weighted by Gasteiger charge is -2.45. The average molecular weight is 336 g/mol. The molecule has 0 bridgehead atoms. The van der Waals surface area contributed by atoms with E-state index in [0.29, 0.717) is 22.5 Å². The third-order valence-corrected chi connectivity index (χ3v) is 3.84. The highest BCUT2D eigenvalue weighted by Crippen LogP contribution is 2.32. The number of hydrogen-bond donors (Lipinski definition) is 1. The number of pyridine rings is 1. The molecule has 2 heterocycles. The Balaban J connectivity index is 2.10. The molecule has 88 valence electrons. The normalized spacial score (nSPS) is 17.4. The van der Waals surface area contributed by atoms with Crippen molar-refractivity contribution < 1.29 is 9.50 Å². The lowest BCUT2D eigenvalue weighted by molar-refractivity contribution is 0.00418. The number of aromatic nitrogens is 1. The molecule has 1 aromatic heterocycles. The molecule has 1 fully saturated rings. The quantitative estimate of drug-likeness (QED) is 0.840. The van der Waals surface area contributed by atoms with Crippen LogP contribution in [0.25, 0.3) is 0 Å². The fourth-order valence-corrected chi connectivity index (χ4v) is 2.13. The van der Waals surface area contributed by atoms with Gasteiger partial charge in [0.1, 0.15) is 0 Å². The van der Waals surface area contributed by atoms with Gasteiger partial charge in [0.25, 0.3) is 0 Å². The molecule has 0 unspecified atom stereocenters. The summed E-state index contributed by atoms with van der Waals surface area (Å²) in [6.07, 6.45) is 1.61. The molecule has 5 heteroatoms. The van der Waals surface area contributed by atoms with Crippen LogP contribution in [0.2, 0.25) is 0 Å². The first kappa shape index (κ1) is 12.0. The predicted molar refractivity (Wildman–Crippen MR) is 68.9 cm³/mol. The summed E-state index contributed by atoms with van der Waals surface area (Å²) in [5, 5.41) is 9.78. The average Bonchev–Trinajstić information content (AvgIpc) is 2.07. The maximum Gasteiger partial charge on any atom is 0.178 e. The highest BCUT2D eigenvalue weighted by molar-refractivity contribution is 14.1.